The van der Waals surface area contributed by atoms with Crippen LogP contribution in [-0.2, 0) is 10.5 Å². The molecule has 126 valence electrons. The minimum atomic E-state index is -1.18. The number of benzene rings is 3. The molecule has 0 radical (unpaired) electrons. The fraction of sp³-hybridized carbons (Fsp3) is 0.150. The molecule has 4 rings (SSSR count). The summed E-state index contributed by atoms with van der Waals surface area (Å²) in [6.07, 6.45) is 0. The van der Waals surface area contributed by atoms with E-state index >= 15 is 0 Å². The van der Waals surface area contributed by atoms with Gasteiger partial charge in [0.05, 0.1) is 7.11 Å². The summed E-state index contributed by atoms with van der Waals surface area (Å²) in [6.45, 7) is 0.0810. The van der Waals surface area contributed by atoms with Gasteiger partial charge in [-0.3, -0.25) is 15.4 Å². The van der Waals surface area contributed by atoms with Gasteiger partial charge in [-0.15, -0.1) is 0 Å². The van der Waals surface area contributed by atoms with Crippen molar-refractivity contribution in [3.63, 3.8) is 0 Å². The number of fused-ring (bicyclic) bond motifs is 2. The van der Waals surface area contributed by atoms with E-state index in [4.69, 9.17) is 15.3 Å². The average Bonchev–Trinajstić information content (AvgIpc) is 2.87. The summed E-state index contributed by atoms with van der Waals surface area (Å²) in [5.74, 6) is 0.456. The minimum Gasteiger partial charge on any atom is -0.489 e. The molecule has 1 aliphatic heterocycles. The molecule has 0 saturated carbocycles. The second-order valence-corrected chi connectivity index (χ2v) is 6.02. The van der Waals surface area contributed by atoms with Crippen LogP contribution in [0.4, 0.5) is 0 Å². The zero-order chi connectivity index (χ0) is 17.4. The molecule has 1 amide bonds. The Bertz CT molecular complexity index is 951. The monoisotopic (exact) mass is 334 g/mol. The Morgan fingerprint density at radius 3 is 2.56 bits per heavy atom. The van der Waals surface area contributed by atoms with Crippen molar-refractivity contribution in [3.8, 4) is 5.75 Å². The Morgan fingerprint density at radius 2 is 1.72 bits per heavy atom. The van der Waals surface area contributed by atoms with E-state index in [0.29, 0.717) is 11.1 Å². The van der Waals surface area contributed by atoms with Gasteiger partial charge in [0, 0.05) is 16.5 Å². The van der Waals surface area contributed by atoms with Crippen LogP contribution in [0.2, 0.25) is 0 Å². The normalized spacial score (nSPS) is 19.3. The maximum absolute atomic E-state index is 12.5. The highest BCUT2D eigenvalue weighted by Crippen LogP contribution is 2.36. The smallest absolute Gasteiger partial charge is 0.280 e. The van der Waals surface area contributed by atoms with Gasteiger partial charge in [0.25, 0.3) is 5.91 Å². The van der Waals surface area contributed by atoms with Crippen molar-refractivity contribution in [1.29, 1.82) is 0 Å². The molecule has 1 unspecified atom stereocenters. The van der Waals surface area contributed by atoms with Gasteiger partial charge in [0.1, 0.15) is 12.4 Å². The van der Waals surface area contributed by atoms with Crippen LogP contribution in [0.25, 0.3) is 10.8 Å². The zero-order valence-corrected chi connectivity index (χ0v) is 13.8. The lowest BCUT2D eigenvalue weighted by Crippen LogP contribution is -2.54. The van der Waals surface area contributed by atoms with E-state index in [1.807, 2.05) is 60.7 Å². The standard InChI is InChI=1S/C20H18N2O3/c1-24-22-19(23)16-10-4-5-11-17(16)20(22,21)13-25-18-12-6-8-14-7-2-3-9-15(14)18/h2-12H,13,21H2,1H3. The molecule has 0 aromatic heterocycles. The maximum Gasteiger partial charge on any atom is 0.280 e. The summed E-state index contributed by atoms with van der Waals surface area (Å²) in [7, 11) is 1.43. The number of hydrogen-bond acceptors (Lipinski definition) is 4. The summed E-state index contributed by atoms with van der Waals surface area (Å²) in [5, 5.41) is 3.26. The molecule has 0 fully saturated rings. The average molecular weight is 334 g/mol. The van der Waals surface area contributed by atoms with Crippen LogP contribution in [0.15, 0.2) is 66.7 Å². The van der Waals surface area contributed by atoms with E-state index in [9.17, 15) is 4.79 Å². The summed E-state index contributed by atoms with van der Waals surface area (Å²) >= 11 is 0. The summed E-state index contributed by atoms with van der Waals surface area (Å²) in [6, 6.07) is 21.1. The minimum absolute atomic E-state index is 0.0810. The van der Waals surface area contributed by atoms with E-state index < -0.39 is 5.66 Å². The van der Waals surface area contributed by atoms with Crippen LogP contribution in [0.1, 0.15) is 15.9 Å². The van der Waals surface area contributed by atoms with E-state index in [2.05, 4.69) is 0 Å². The maximum atomic E-state index is 12.5. The quantitative estimate of drug-likeness (QED) is 0.796. The highest BCUT2D eigenvalue weighted by Gasteiger charge is 2.48. The fourth-order valence-electron chi connectivity index (χ4n) is 3.34. The number of ether oxygens (including phenoxy) is 1. The molecular weight excluding hydrogens is 316 g/mol. The molecule has 5 heteroatoms. The predicted molar refractivity (Wildman–Crippen MR) is 94.9 cm³/mol. The number of amides is 1. The van der Waals surface area contributed by atoms with Gasteiger partial charge >= 0.3 is 0 Å². The molecule has 0 bridgehead atoms. The van der Waals surface area contributed by atoms with Crippen molar-refractivity contribution in [2.75, 3.05) is 13.7 Å². The van der Waals surface area contributed by atoms with Gasteiger partial charge in [-0.1, -0.05) is 54.6 Å². The molecule has 0 aliphatic carbocycles. The Kier molecular flexibility index (Phi) is 3.67. The summed E-state index contributed by atoms with van der Waals surface area (Å²) in [5.41, 5.74) is 6.61. The SMILES string of the molecule is CON1C(=O)c2ccccc2C1(N)COc1cccc2ccccc12. The molecule has 1 atom stereocenters. The van der Waals surface area contributed by atoms with Crippen LogP contribution in [-0.4, -0.2) is 24.7 Å². The number of nitrogens with two attached hydrogens (primary N) is 1. The van der Waals surface area contributed by atoms with E-state index in [1.165, 1.54) is 12.2 Å². The molecule has 5 nitrogen and oxygen atoms in total. The topological polar surface area (TPSA) is 64.8 Å². The lowest BCUT2D eigenvalue weighted by molar-refractivity contribution is -0.167. The van der Waals surface area contributed by atoms with Crippen molar-refractivity contribution < 1.29 is 14.4 Å². The van der Waals surface area contributed by atoms with Gasteiger partial charge in [0.15, 0.2) is 5.66 Å². The van der Waals surface area contributed by atoms with Gasteiger partial charge in [-0.05, 0) is 17.5 Å². The van der Waals surface area contributed by atoms with Crippen molar-refractivity contribution in [3.05, 3.63) is 77.9 Å². The third-order valence-electron chi connectivity index (χ3n) is 4.55. The van der Waals surface area contributed by atoms with Crippen molar-refractivity contribution in [2.45, 2.75) is 5.66 Å². The van der Waals surface area contributed by atoms with Crippen LogP contribution in [0.3, 0.4) is 0 Å². The Hall–Kier alpha value is -2.89. The molecule has 2 N–H and O–H groups in total. The Balaban J connectivity index is 1.70. The van der Waals surface area contributed by atoms with Crippen molar-refractivity contribution in [1.82, 2.24) is 5.06 Å². The first-order chi connectivity index (χ1) is 12.1. The van der Waals surface area contributed by atoms with Crippen LogP contribution in [0, 0.1) is 0 Å². The lowest BCUT2D eigenvalue weighted by Gasteiger charge is -2.33. The molecule has 3 aromatic carbocycles. The Labute approximate surface area is 145 Å². The van der Waals surface area contributed by atoms with Crippen LogP contribution in [0.5, 0.6) is 5.75 Å². The largest absolute Gasteiger partial charge is 0.489 e. The second-order valence-electron chi connectivity index (χ2n) is 6.02. The number of carbonyl (C=O) groups excluding carboxylic acids is 1. The Morgan fingerprint density at radius 1 is 1.00 bits per heavy atom. The molecule has 1 aliphatic rings. The molecule has 3 aromatic rings. The molecule has 25 heavy (non-hydrogen) atoms. The third kappa shape index (κ3) is 2.36. The number of hydroxylamine groups is 2. The fourth-order valence-corrected chi connectivity index (χ4v) is 3.34. The highest BCUT2D eigenvalue weighted by atomic mass is 16.7. The first kappa shape index (κ1) is 15.6. The summed E-state index contributed by atoms with van der Waals surface area (Å²) < 4.78 is 6.04. The number of hydrogen-bond donors (Lipinski definition) is 1. The van der Waals surface area contributed by atoms with Gasteiger partial charge in [-0.25, -0.2) is 0 Å². The predicted octanol–water partition coefficient (Wildman–Crippen LogP) is 3.05. The van der Waals surface area contributed by atoms with Gasteiger partial charge in [-0.2, -0.15) is 5.06 Å². The lowest BCUT2D eigenvalue weighted by atomic mass is 10.0. The zero-order valence-electron chi connectivity index (χ0n) is 13.8. The van der Waals surface area contributed by atoms with Crippen LogP contribution >= 0.6 is 0 Å². The third-order valence-corrected chi connectivity index (χ3v) is 4.55. The number of nitrogens with zero attached hydrogens (tertiary/aromatic N) is 1. The first-order valence-corrected chi connectivity index (χ1v) is 8.03. The molecule has 1 heterocycles. The van der Waals surface area contributed by atoms with Gasteiger partial charge < -0.3 is 4.74 Å². The molecule has 0 spiro atoms. The van der Waals surface area contributed by atoms with Crippen molar-refractivity contribution >= 4 is 16.7 Å². The van der Waals surface area contributed by atoms with Crippen molar-refractivity contribution in [2.24, 2.45) is 5.73 Å². The first-order valence-electron chi connectivity index (χ1n) is 8.03. The van der Waals surface area contributed by atoms with Gasteiger partial charge in [0.2, 0.25) is 0 Å². The van der Waals surface area contributed by atoms with E-state index in [-0.39, 0.29) is 12.5 Å². The molecule has 0 saturated heterocycles. The van der Waals surface area contributed by atoms with E-state index in [1.54, 1.807) is 6.07 Å². The van der Waals surface area contributed by atoms with Crippen LogP contribution < -0.4 is 10.5 Å². The number of carbonyl (C=O) groups is 1. The second kappa shape index (κ2) is 5.88. The number of rotatable bonds is 4. The molecular formula is C20H18N2O3. The highest BCUT2D eigenvalue weighted by molar-refractivity contribution is 5.99. The van der Waals surface area contributed by atoms with E-state index in [0.717, 1.165) is 16.5 Å². The summed E-state index contributed by atoms with van der Waals surface area (Å²) in [4.78, 5) is 17.8.